The van der Waals surface area contributed by atoms with Gasteiger partial charge in [0.1, 0.15) is 17.8 Å². The fourth-order valence-corrected chi connectivity index (χ4v) is 4.44. The van der Waals surface area contributed by atoms with Crippen LogP contribution in [0.25, 0.3) is 0 Å². The van der Waals surface area contributed by atoms with Crippen molar-refractivity contribution >= 4 is 0 Å². The maximum absolute atomic E-state index is 6.24. The van der Waals surface area contributed by atoms with E-state index in [4.69, 9.17) is 48.4 Å². The van der Waals surface area contributed by atoms with Crippen molar-refractivity contribution in [2.45, 2.75) is 56.4 Å². The molecular weight excluding hydrogens is 458 g/mol. The van der Waals surface area contributed by atoms with E-state index in [0.717, 1.165) is 5.56 Å². The van der Waals surface area contributed by atoms with Gasteiger partial charge in [0.05, 0.1) is 78.7 Å². The standard InChI is InChI=1S/C25H39NO9/c1-24(2)33-21-20(26)23-32-18-25(35-23,22(21)34-24)17-31-15-13-29-11-9-27-8-10-28-12-14-30-16-19-6-4-3-5-7-19/h3-7,20-23H,8-18,26H2,1-2H3/t20-,21-,22-,23-,25+/m1/s1. The Morgan fingerprint density at radius 1 is 0.800 bits per heavy atom. The summed E-state index contributed by atoms with van der Waals surface area (Å²) in [6, 6.07) is 9.68. The molecule has 5 atom stereocenters. The summed E-state index contributed by atoms with van der Waals surface area (Å²) < 4.78 is 51.9. The number of fused-ring (bicyclic) bond motifs is 4. The zero-order valence-electron chi connectivity index (χ0n) is 20.7. The molecule has 35 heavy (non-hydrogen) atoms. The van der Waals surface area contributed by atoms with Gasteiger partial charge >= 0.3 is 0 Å². The molecule has 3 aliphatic heterocycles. The highest BCUT2D eigenvalue weighted by Gasteiger charge is 2.65. The molecule has 198 valence electrons. The highest BCUT2D eigenvalue weighted by Crippen LogP contribution is 2.45. The van der Waals surface area contributed by atoms with Crippen LogP contribution in [0.2, 0.25) is 0 Å². The van der Waals surface area contributed by atoms with Crippen molar-refractivity contribution < 1.29 is 42.6 Å². The topological polar surface area (TPSA) is 109 Å². The van der Waals surface area contributed by atoms with Crippen LogP contribution in [0, 0.1) is 0 Å². The molecule has 0 spiro atoms. The molecule has 3 heterocycles. The first-order chi connectivity index (χ1) is 17.0. The van der Waals surface area contributed by atoms with Gasteiger partial charge in [0.2, 0.25) is 0 Å². The van der Waals surface area contributed by atoms with Crippen molar-refractivity contribution in [1.29, 1.82) is 0 Å². The number of hydrogen-bond acceptors (Lipinski definition) is 10. The minimum Gasteiger partial charge on any atom is -0.377 e. The van der Waals surface area contributed by atoms with Crippen molar-refractivity contribution in [3.8, 4) is 0 Å². The van der Waals surface area contributed by atoms with E-state index in [0.29, 0.717) is 72.7 Å². The van der Waals surface area contributed by atoms with E-state index in [1.165, 1.54) is 0 Å². The van der Waals surface area contributed by atoms with Crippen molar-refractivity contribution in [3.63, 3.8) is 0 Å². The molecule has 0 saturated carbocycles. The lowest BCUT2D eigenvalue weighted by molar-refractivity contribution is -0.210. The second kappa shape index (κ2) is 12.9. The first kappa shape index (κ1) is 26.9. The Morgan fingerprint density at radius 2 is 1.40 bits per heavy atom. The zero-order chi connectivity index (χ0) is 24.6. The third kappa shape index (κ3) is 7.42. The second-order valence-corrected chi connectivity index (χ2v) is 9.39. The van der Waals surface area contributed by atoms with Gasteiger partial charge in [0.15, 0.2) is 12.1 Å². The van der Waals surface area contributed by atoms with Crippen LogP contribution < -0.4 is 5.73 Å². The third-order valence-electron chi connectivity index (χ3n) is 6.13. The van der Waals surface area contributed by atoms with E-state index in [9.17, 15) is 0 Å². The van der Waals surface area contributed by atoms with E-state index in [-0.39, 0.29) is 18.2 Å². The molecular formula is C25H39NO9. The van der Waals surface area contributed by atoms with Gasteiger partial charge in [-0.3, -0.25) is 0 Å². The summed E-state index contributed by atoms with van der Waals surface area (Å²) in [4.78, 5) is 0. The molecule has 4 rings (SSSR count). The molecule has 2 bridgehead atoms. The zero-order valence-corrected chi connectivity index (χ0v) is 20.7. The molecule has 10 nitrogen and oxygen atoms in total. The van der Waals surface area contributed by atoms with Crippen LogP contribution in [0.5, 0.6) is 0 Å². The molecule has 0 unspecified atom stereocenters. The SMILES string of the molecule is CC1(C)O[C@@H]2[C@@H](N)[C@@H]3OC[C@](COCCOCCOCCOCCOCc4ccccc4)(O3)[C@@H]2O1. The predicted octanol–water partition coefficient (Wildman–Crippen LogP) is 1.24. The van der Waals surface area contributed by atoms with Gasteiger partial charge in [-0.15, -0.1) is 0 Å². The van der Waals surface area contributed by atoms with E-state index >= 15 is 0 Å². The smallest absolute Gasteiger partial charge is 0.176 e. The van der Waals surface area contributed by atoms with Crippen LogP contribution >= 0.6 is 0 Å². The molecule has 0 aromatic heterocycles. The maximum Gasteiger partial charge on any atom is 0.176 e. The Labute approximate surface area is 207 Å². The number of ether oxygens (including phenoxy) is 9. The van der Waals surface area contributed by atoms with E-state index in [1.807, 2.05) is 44.2 Å². The van der Waals surface area contributed by atoms with Gasteiger partial charge in [0.25, 0.3) is 0 Å². The molecule has 1 aromatic rings. The Balaban J connectivity index is 0.970. The number of benzene rings is 1. The molecule has 3 aliphatic rings. The molecule has 3 saturated heterocycles. The highest BCUT2D eigenvalue weighted by molar-refractivity contribution is 5.13. The van der Waals surface area contributed by atoms with Crippen molar-refractivity contribution in [2.24, 2.45) is 5.73 Å². The van der Waals surface area contributed by atoms with Crippen molar-refractivity contribution in [1.82, 2.24) is 0 Å². The molecule has 1 aromatic carbocycles. The van der Waals surface area contributed by atoms with Crippen LogP contribution in [0.1, 0.15) is 19.4 Å². The highest BCUT2D eigenvalue weighted by atomic mass is 16.8. The molecule has 0 amide bonds. The Kier molecular flexibility index (Phi) is 9.88. The fourth-order valence-electron chi connectivity index (χ4n) is 4.44. The van der Waals surface area contributed by atoms with Crippen molar-refractivity contribution in [2.75, 3.05) is 66.1 Å². The third-order valence-corrected chi connectivity index (χ3v) is 6.13. The molecule has 0 radical (unpaired) electrons. The predicted molar refractivity (Wildman–Crippen MR) is 125 cm³/mol. The van der Waals surface area contributed by atoms with Gasteiger partial charge in [0, 0.05) is 0 Å². The average molecular weight is 498 g/mol. The maximum atomic E-state index is 6.24. The Bertz CT molecular complexity index is 752. The van der Waals surface area contributed by atoms with Crippen LogP contribution in [0.15, 0.2) is 30.3 Å². The van der Waals surface area contributed by atoms with Crippen LogP contribution in [0.3, 0.4) is 0 Å². The summed E-state index contributed by atoms with van der Waals surface area (Å²) in [6.07, 6.45) is -1.12. The minimum atomic E-state index is -0.714. The van der Waals surface area contributed by atoms with Gasteiger partial charge in [-0.2, -0.15) is 0 Å². The van der Waals surface area contributed by atoms with Gasteiger partial charge in [-0.1, -0.05) is 30.3 Å². The van der Waals surface area contributed by atoms with Gasteiger partial charge < -0.3 is 48.4 Å². The van der Waals surface area contributed by atoms with Crippen molar-refractivity contribution in [3.05, 3.63) is 35.9 Å². The lowest BCUT2D eigenvalue weighted by atomic mass is 9.89. The lowest BCUT2D eigenvalue weighted by Crippen LogP contribution is -2.63. The summed E-state index contributed by atoms with van der Waals surface area (Å²) in [5.74, 6) is -0.710. The van der Waals surface area contributed by atoms with Crippen LogP contribution in [-0.2, 0) is 49.2 Å². The van der Waals surface area contributed by atoms with E-state index < -0.39 is 17.7 Å². The van der Waals surface area contributed by atoms with Gasteiger partial charge in [-0.05, 0) is 19.4 Å². The number of rotatable bonds is 16. The van der Waals surface area contributed by atoms with Gasteiger partial charge in [-0.25, -0.2) is 0 Å². The normalized spacial score (nSPS) is 31.1. The summed E-state index contributed by atoms with van der Waals surface area (Å²) in [6.45, 7) is 9.05. The Hall–Kier alpha value is -1.18. The fraction of sp³-hybridized carbons (Fsp3) is 0.760. The number of hydrogen-bond donors (Lipinski definition) is 1. The molecule has 0 aliphatic carbocycles. The number of nitrogens with two attached hydrogens (primary N) is 1. The molecule has 10 heteroatoms. The Morgan fingerprint density at radius 3 is 2.06 bits per heavy atom. The monoisotopic (exact) mass is 497 g/mol. The average Bonchev–Trinajstić information content (AvgIpc) is 3.41. The van der Waals surface area contributed by atoms with Crippen LogP contribution in [0.4, 0.5) is 0 Å². The summed E-state index contributed by atoms with van der Waals surface area (Å²) in [7, 11) is 0. The van der Waals surface area contributed by atoms with E-state index in [2.05, 4.69) is 0 Å². The minimum absolute atomic E-state index is 0.283. The molecule has 3 fully saturated rings. The second-order valence-electron chi connectivity index (χ2n) is 9.39. The van der Waals surface area contributed by atoms with E-state index in [1.54, 1.807) is 0 Å². The van der Waals surface area contributed by atoms with Crippen LogP contribution in [-0.4, -0.2) is 102 Å². The first-order valence-electron chi connectivity index (χ1n) is 12.3. The largest absolute Gasteiger partial charge is 0.377 e. The molecule has 2 N–H and O–H groups in total. The summed E-state index contributed by atoms with van der Waals surface area (Å²) in [5.41, 5.74) is 6.68. The quantitative estimate of drug-likeness (QED) is 0.335. The lowest BCUT2D eigenvalue weighted by Gasteiger charge is -2.40. The summed E-state index contributed by atoms with van der Waals surface area (Å²) in [5, 5.41) is 0. The summed E-state index contributed by atoms with van der Waals surface area (Å²) >= 11 is 0. The first-order valence-corrected chi connectivity index (χ1v) is 12.3.